The van der Waals surface area contributed by atoms with Gasteiger partial charge in [-0.05, 0) is 6.08 Å². The van der Waals surface area contributed by atoms with Crippen molar-refractivity contribution in [1.82, 2.24) is 0 Å². The zero-order valence-electron chi connectivity index (χ0n) is 3.87. The largest absolute Gasteiger partial charge is 0.209 e. The van der Waals surface area contributed by atoms with Gasteiger partial charge in [-0.1, -0.05) is 40.9 Å². The Morgan fingerprint density at radius 1 is 1.25 bits per heavy atom. The van der Waals surface area contributed by atoms with Crippen molar-refractivity contribution in [2.24, 2.45) is 0 Å². The minimum atomic E-state index is -1.30. The fraction of sp³-hybridized carbons (Fsp3) is 0.500. The van der Waals surface area contributed by atoms with Gasteiger partial charge in [-0.3, -0.25) is 0 Å². The van der Waals surface area contributed by atoms with Gasteiger partial charge in [0.2, 0.25) is 3.79 Å². The highest BCUT2D eigenvalue weighted by atomic mass is 35.6. The molecule has 0 unspecified atom stereocenters. The highest BCUT2D eigenvalue weighted by Crippen LogP contribution is 2.27. The summed E-state index contributed by atoms with van der Waals surface area (Å²) in [5, 5.41) is 0. The second-order valence-corrected chi connectivity index (χ2v) is 3.78. The molecule has 48 valence electrons. The van der Waals surface area contributed by atoms with Crippen LogP contribution in [0, 0.1) is 0 Å². The molecule has 0 aromatic carbocycles. The average Bonchev–Trinajstić information content (AvgIpc) is 1.59. The summed E-state index contributed by atoms with van der Waals surface area (Å²) in [7, 11) is 0. The monoisotopic (exact) mass is 192 g/mol. The maximum atomic E-state index is 5.30. The lowest BCUT2D eigenvalue weighted by atomic mass is 10.6. The molecule has 0 amide bonds. The van der Waals surface area contributed by atoms with Crippen molar-refractivity contribution >= 4 is 46.4 Å². The van der Waals surface area contributed by atoms with E-state index in [0.29, 0.717) is 5.88 Å². The Bertz CT molecular complexity index is 80.5. The summed E-state index contributed by atoms with van der Waals surface area (Å²) in [5.41, 5.74) is 0. The van der Waals surface area contributed by atoms with E-state index < -0.39 is 3.79 Å². The SMILES string of the molecule is ClC/C=C/C(Cl)(Cl)Cl. The van der Waals surface area contributed by atoms with Gasteiger partial charge in [0.15, 0.2) is 0 Å². The molecule has 0 N–H and O–H groups in total. The van der Waals surface area contributed by atoms with Crippen LogP contribution >= 0.6 is 46.4 Å². The van der Waals surface area contributed by atoms with Gasteiger partial charge in [-0.2, -0.15) is 0 Å². The van der Waals surface area contributed by atoms with Crippen molar-refractivity contribution in [3.8, 4) is 0 Å². The van der Waals surface area contributed by atoms with E-state index >= 15 is 0 Å². The number of halogens is 4. The molecule has 0 rings (SSSR count). The molecule has 0 spiro atoms. The minimum Gasteiger partial charge on any atom is -0.122 e. The van der Waals surface area contributed by atoms with Gasteiger partial charge in [0.05, 0.1) is 0 Å². The van der Waals surface area contributed by atoms with E-state index in [-0.39, 0.29) is 0 Å². The lowest BCUT2D eigenvalue weighted by molar-refractivity contribution is 1.44. The van der Waals surface area contributed by atoms with Gasteiger partial charge in [-0.15, -0.1) is 11.6 Å². The standard InChI is InChI=1S/C4H4Cl4/c5-3-1-2-4(6,7)8/h1-2H,3H2/b2-1+. The van der Waals surface area contributed by atoms with Crippen LogP contribution in [0.3, 0.4) is 0 Å². The van der Waals surface area contributed by atoms with Crippen LogP contribution in [0.4, 0.5) is 0 Å². The lowest BCUT2D eigenvalue weighted by Gasteiger charge is -1.99. The zero-order valence-corrected chi connectivity index (χ0v) is 6.90. The summed E-state index contributed by atoms with van der Waals surface area (Å²) in [5.74, 6) is 0.369. The summed E-state index contributed by atoms with van der Waals surface area (Å²) in [6.45, 7) is 0. The molecule has 0 aliphatic rings. The quantitative estimate of drug-likeness (QED) is 0.444. The van der Waals surface area contributed by atoms with Crippen LogP contribution in [-0.2, 0) is 0 Å². The topological polar surface area (TPSA) is 0 Å². The molecule has 0 aromatic rings. The predicted octanol–water partition coefficient (Wildman–Crippen LogP) is 3.15. The number of rotatable bonds is 1. The summed E-state index contributed by atoms with van der Waals surface area (Å²) < 4.78 is -1.30. The van der Waals surface area contributed by atoms with Gasteiger partial charge < -0.3 is 0 Å². The predicted molar refractivity (Wildman–Crippen MR) is 40.2 cm³/mol. The Labute approximate surface area is 68.4 Å². The van der Waals surface area contributed by atoms with Gasteiger partial charge >= 0.3 is 0 Å². The molecule has 0 aliphatic carbocycles. The van der Waals surface area contributed by atoms with E-state index in [9.17, 15) is 0 Å². The fourth-order valence-electron chi connectivity index (χ4n) is 0.178. The van der Waals surface area contributed by atoms with Crippen molar-refractivity contribution in [2.75, 3.05) is 5.88 Å². The number of allylic oxidation sites excluding steroid dienone is 2. The summed E-state index contributed by atoms with van der Waals surface area (Å²) in [4.78, 5) is 0. The van der Waals surface area contributed by atoms with Crippen molar-refractivity contribution in [1.29, 1.82) is 0 Å². The van der Waals surface area contributed by atoms with Crippen LogP contribution in [0.25, 0.3) is 0 Å². The molecule has 0 bridgehead atoms. The Morgan fingerprint density at radius 2 is 1.75 bits per heavy atom. The number of hydrogen-bond acceptors (Lipinski definition) is 0. The molecule has 0 heterocycles. The zero-order chi connectivity index (χ0) is 6.62. The minimum absolute atomic E-state index is 0.369. The van der Waals surface area contributed by atoms with E-state index in [0.717, 1.165) is 0 Å². The highest BCUT2D eigenvalue weighted by molar-refractivity contribution is 6.68. The van der Waals surface area contributed by atoms with Crippen LogP contribution in [-0.4, -0.2) is 9.67 Å². The molecule has 0 saturated carbocycles. The average molecular weight is 194 g/mol. The van der Waals surface area contributed by atoms with Crippen LogP contribution in [0.1, 0.15) is 0 Å². The number of hydrogen-bond donors (Lipinski definition) is 0. The third-order valence-electron chi connectivity index (χ3n) is 0.396. The molecule has 4 heteroatoms. The maximum Gasteiger partial charge on any atom is 0.209 e. The third kappa shape index (κ3) is 6.90. The molecule has 0 atom stereocenters. The second-order valence-electron chi connectivity index (χ2n) is 1.10. The van der Waals surface area contributed by atoms with Crippen LogP contribution in [0.15, 0.2) is 12.2 Å². The van der Waals surface area contributed by atoms with Gasteiger partial charge in [0.25, 0.3) is 0 Å². The summed E-state index contributed by atoms with van der Waals surface area (Å²) in [6, 6.07) is 0. The van der Waals surface area contributed by atoms with Crippen molar-refractivity contribution < 1.29 is 0 Å². The van der Waals surface area contributed by atoms with Gasteiger partial charge in [0, 0.05) is 5.88 Å². The Kier molecular flexibility index (Phi) is 4.27. The Balaban J connectivity index is 3.52. The molecular weight excluding hydrogens is 190 g/mol. The number of alkyl halides is 4. The van der Waals surface area contributed by atoms with Crippen molar-refractivity contribution in [2.45, 2.75) is 3.79 Å². The first-order valence-corrected chi connectivity index (χ1v) is 3.53. The first kappa shape index (κ1) is 8.90. The van der Waals surface area contributed by atoms with E-state index in [4.69, 9.17) is 46.4 Å². The summed E-state index contributed by atoms with van der Waals surface area (Å²) >= 11 is 21.1. The van der Waals surface area contributed by atoms with Crippen LogP contribution in [0.5, 0.6) is 0 Å². The van der Waals surface area contributed by atoms with E-state index in [1.807, 2.05) is 0 Å². The van der Waals surface area contributed by atoms with E-state index in [2.05, 4.69) is 0 Å². The van der Waals surface area contributed by atoms with E-state index in [1.165, 1.54) is 6.08 Å². The Hall–Kier alpha value is 0.900. The normalized spacial score (nSPS) is 13.0. The first-order chi connectivity index (χ1) is 3.56. The second kappa shape index (κ2) is 3.84. The fourth-order valence-corrected chi connectivity index (χ4v) is 0.535. The van der Waals surface area contributed by atoms with Gasteiger partial charge in [-0.25, -0.2) is 0 Å². The summed E-state index contributed by atoms with van der Waals surface area (Å²) in [6.07, 6.45) is 2.99. The molecule has 8 heavy (non-hydrogen) atoms. The van der Waals surface area contributed by atoms with E-state index in [1.54, 1.807) is 6.08 Å². The maximum absolute atomic E-state index is 5.30. The molecule has 0 fully saturated rings. The highest BCUT2D eigenvalue weighted by Gasteiger charge is 2.12. The Morgan fingerprint density at radius 3 is 1.88 bits per heavy atom. The third-order valence-corrected chi connectivity index (χ3v) is 0.952. The molecule has 0 nitrogen and oxygen atoms in total. The molecule has 0 radical (unpaired) electrons. The van der Waals surface area contributed by atoms with Crippen molar-refractivity contribution in [3.63, 3.8) is 0 Å². The van der Waals surface area contributed by atoms with Crippen LogP contribution in [0.2, 0.25) is 0 Å². The molecular formula is C4H4Cl4. The van der Waals surface area contributed by atoms with Gasteiger partial charge in [0.1, 0.15) is 0 Å². The lowest BCUT2D eigenvalue weighted by Crippen LogP contribution is -1.93. The van der Waals surface area contributed by atoms with Crippen LogP contribution < -0.4 is 0 Å². The van der Waals surface area contributed by atoms with Crippen molar-refractivity contribution in [3.05, 3.63) is 12.2 Å². The first-order valence-electron chi connectivity index (χ1n) is 1.86. The smallest absolute Gasteiger partial charge is 0.122 e. The molecule has 0 saturated heterocycles. The molecule has 0 aromatic heterocycles. The molecule has 0 aliphatic heterocycles.